The maximum atomic E-state index is 12.2. The van der Waals surface area contributed by atoms with Crippen LogP contribution in [0.4, 0.5) is 10.6 Å². The number of amides is 1. The monoisotopic (exact) mass is 413 g/mol. The molecule has 2 aromatic carbocycles. The van der Waals surface area contributed by atoms with Crippen LogP contribution in [-0.4, -0.2) is 38.3 Å². The summed E-state index contributed by atoms with van der Waals surface area (Å²) in [7, 11) is 3.93. The number of fused-ring (bicyclic) bond motifs is 3. The van der Waals surface area contributed by atoms with Crippen LogP contribution in [0.3, 0.4) is 0 Å². The highest BCUT2D eigenvalue weighted by molar-refractivity contribution is 5.79. The Morgan fingerprint density at radius 1 is 1.03 bits per heavy atom. The fourth-order valence-electron chi connectivity index (χ4n) is 3.89. The standard InChI is InChI=1S/C26H27N3O2/c1-29(2)25-15-14-19(17-28-25)9-7-8-16-27-26(30)31-18-24-22-12-5-3-10-20(22)21-11-4-6-13-23(21)24/h3-7,9-15,17,24H,8,16,18H2,1-2H3,(H,27,30). The molecule has 0 radical (unpaired) electrons. The minimum absolute atomic E-state index is 0.0793. The Morgan fingerprint density at radius 3 is 2.32 bits per heavy atom. The number of alkyl carbamates (subject to hydrolysis) is 1. The van der Waals surface area contributed by atoms with E-state index in [-0.39, 0.29) is 12.0 Å². The Labute approximate surface area is 183 Å². The van der Waals surface area contributed by atoms with Crippen LogP contribution in [0.2, 0.25) is 0 Å². The van der Waals surface area contributed by atoms with Crippen LogP contribution in [0.5, 0.6) is 0 Å². The molecule has 4 rings (SSSR count). The number of anilines is 1. The van der Waals surface area contributed by atoms with E-state index in [4.69, 9.17) is 4.74 Å². The van der Waals surface area contributed by atoms with Gasteiger partial charge in [-0.2, -0.15) is 0 Å². The number of benzene rings is 2. The highest BCUT2D eigenvalue weighted by atomic mass is 16.5. The molecule has 31 heavy (non-hydrogen) atoms. The molecule has 0 spiro atoms. The third-order valence-corrected chi connectivity index (χ3v) is 5.46. The van der Waals surface area contributed by atoms with Crippen molar-refractivity contribution in [2.45, 2.75) is 12.3 Å². The van der Waals surface area contributed by atoms with Crippen molar-refractivity contribution < 1.29 is 9.53 Å². The SMILES string of the molecule is CN(C)c1ccc(C=CCCNC(=O)OCC2c3ccccc3-c3ccccc32)cn1. The van der Waals surface area contributed by atoms with Gasteiger partial charge in [-0.3, -0.25) is 0 Å². The molecule has 3 aromatic rings. The van der Waals surface area contributed by atoms with E-state index >= 15 is 0 Å². The van der Waals surface area contributed by atoms with Crippen LogP contribution in [0.15, 0.2) is 72.9 Å². The van der Waals surface area contributed by atoms with Gasteiger partial charge in [-0.25, -0.2) is 9.78 Å². The van der Waals surface area contributed by atoms with Crippen LogP contribution >= 0.6 is 0 Å². The summed E-state index contributed by atoms with van der Waals surface area (Å²) in [6.45, 7) is 0.857. The zero-order chi connectivity index (χ0) is 21.6. The number of ether oxygens (including phenoxy) is 1. The Kier molecular flexibility index (Phi) is 6.32. The molecule has 0 aliphatic heterocycles. The van der Waals surface area contributed by atoms with Crippen LogP contribution < -0.4 is 10.2 Å². The van der Waals surface area contributed by atoms with Crippen LogP contribution in [0, 0.1) is 0 Å². The number of rotatable bonds is 7. The molecule has 1 aliphatic carbocycles. The van der Waals surface area contributed by atoms with E-state index in [1.807, 2.05) is 73.7 Å². The van der Waals surface area contributed by atoms with Crippen molar-refractivity contribution in [3.05, 3.63) is 89.6 Å². The van der Waals surface area contributed by atoms with Crippen molar-refractivity contribution in [1.29, 1.82) is 0 Å². The summed E-state index contributed by atoms with van der Waals surface area (Å²) in [6.07, 6.45) is 6.21. The normalized spacial score (nSPS) is 12.5. The molecule has 1 N–H and O–H groups in total. The molecule has 5 nitrogen and oxygen atoms in total. The number of carbonyl (C=O) groups is 1. The maximum absolute atomic E-state index is 12.2. The average Bonchev–Trinajstić information content (AvgIpc) is 3.11. The zero-order valence-corrected chi connectivity index (χ0v) is 17.9. The lowest BCUT2D eigenvalue weighted by atomic mass is 9.98. The highest BCUT2D eigenvalue weighted by Crippen LogP contribution is 2.44. The van der Waals surface area contributed by atoms with E-state index in [0.717, 1.165) is 17.8 Å². The second-order valence-electron chi connectivity index (χ2n) is 7.79. The molecule has 0 saturated carbocycles. The van der Waals surface area contributed by atoms with E-state index in [0.29, 0.717) is 13.2 Å². The van der Waals surface area contributed by atoms with E-state index in [2.05, 4.69) is 34.6 Å². The largest absolute Gasteiger partial charge is 0.449 e. The number of hydrogen-bond donors (Lipinski definition) is 1. The molecule has 1 aromatic heterocycles. The summed E-state index contributed by atoms with van der Waals surface area (Å²) < 4.78 is 5.55. The number of pyridine rings is 1. The molecule has 158 valence electrons. The summed E-state index contributed by atoms with van der Waals surface area (Å²) in [5.74, 6) is 1.00. The van der Waals surface area contributed by atoms with Gasteiger partial charge in [0.15, 0.2) is 0 Å². The molecule has 1 aliphatic rings. The summed E-state index contributed by atoms with van der Waals surface area (Å²) in [6, 6.07) is 20.7. The number of nitrogens with one attached hydrogen (secondary N) is 1. The lowest BCUT2D eigenvalue weighted by molar-refractivity contribution is 0.143. The molecule has 0 saturated heterocycles. The fraction of sp³-hybridized carbons (Fsp3) is 0.231. The van der Waals surface area contributed by atoms with Gasteiger partial charge in [-0.1, -0.05) is 60.7 Å². The molecular formula is C26H27N3O2. The molecule has 0 unspecified atom stereocenters. The van der Waals surface area contributed by atoms with Crippen LogP contribution in [0.25, 0.3) is 17.2 Å². The van der Waals surface area contributed by atoms with E-state index in [1.54, 1.807) is 0 Å². The number of hydrogen-bond acceptors (Lipinski definition) is 4. The maximum Gasteiger partial charge on any atom is 0.407 e. The summed E-state index contributed by atoms with van der Waals surface area (Å²) in [5.41, 5.74) is 5.92. The van der Waals surface area contributed by atoms with Crippen molar-refractivity contribution in [2.75, 3.05) is 32.1 Å². The number of aromatic nitrogens is 1. The lowest BCUT2D eigenvalue weighted by Gasteiger charge is -2.14. The summed E-state index contributed by atoms with van der Waals surface area (Å²) in [5, 5.41) is 2.83. The van der Waals surface area contributed by atoms with E-state index in [1.165, 1.54) is 22.3 Å². The summed E-state index contributed by atoms with van der Waals surface area (Å²) >= 11 is 0. The first kappa shape index (κ1) is 20.7. The van der Waals surface area contributed by atoms with E-state index < -0.39 is 0 Å². The van der Waals surface area contributed by atoms with Crippen molar-refractivity contribution in [3.63, 3.8) is 0 Å². The van der Waals surface area contributed by atoms with Gasteiger partial charge in [0, 0.05) is 32.8 Å². The predicted octanol–water partition coefficient (Wildman–Crippen LogP) is 5.09. The first-order chi connectivity index (χ1) is 15.1. The van der Waals surface area contributed by atoms with Gasteiger partial charge in [0.1, 0.15) is 12.4 Å². The van der Waals surface area contributed by atoms with Gasteiger partial charge < -0.3 is 15.0 Å². The molecule has 5 heteroatoms. The summed E-state index contributed by atoms with van der Waals surface area (Å²) in [4.78, 5) is 18.5. The number of carbonyl (C=O) groups excluding carboxylic acids is 1. The third kappa shape index (κ3) is 4.77. The van der Waals surface area contributed by atoms with Gasteiger partial charge in [0.2, 0.25) is 0 Å². The molecule has 0 fully saturated rings. The molecular weight excluding hydrogens is 386 g/mol. The predicted molar refractivity (Wildman–Crippen MR) is 125 cm³/mol. The lowest BCUT2D eigenvalue weighted by Crippen LogP contribution is -2.26. The van der Waals surface area contributed by atoms with Crippen LogP contribution in [-0.2, 0) is 4.74 Å². The molecule has 0 atom stereocenters. The fourth-order valence-corrected chi connectivity index (χ4v) is 3.89. The third-order valence-electron chi connectivity index (χ3n) is 5.46. The quantitative estimate of drug-likeness (QED) is 0.548. The van der Waals surface area contributed by atoms with Crippen molar-refractivity contribution >= 4 is 18.0 Å². The highest BCUT2D eigenvalue weighted by Gasteiger charge is 2.28. The van der Waals surface area contributed by atoms with Gasteiger partial charge in [0.25, 0.3) is 0 Å². The second-order valence-corrected chi connectivity index (χ2v) is 7.79. The number of nitrogens with zero attached hydrogens (tertiary/aromatic N) is 2. The Hall–Kier alpha value is -3.60. The smallest absolute Gasteiger partial charge is 0.407 e. The molecule has 0 bridgehead atoms. The molecule has 1 amide bonds. The van der Waals surface area contributed by atoms with Crippen molar-refractivity contribution in [2.24, 2.45) is 0 Å². The van der Waals surface area contributed by atoms with E-state index in [9.17, 15) is 4.79 Å². The van der Waals surface area contributed by atoms with Gasteiger partial charge in [0.05, 0.1) is 0 Å². The Balaban J connectivity index is 1.25. The first-order valence-corrected chi connectivity index (χ1v) is 10.5. The Bertz CT molecular complexity index is 1030. The van der Waals surface area contributed by atoms with Crippen LogP contribution in [0.1, 0.15) is 29.0 Å². The van der Waals surface area contributed by atoms with Gasteiger partial charge in [-0.15, -0.1) is 0 Å². The molecule has 1 heterocycles. The average molecular weight is 414 g/mol. The van der Waals surface area contributed by atoms with Crippen molar-refractivity contribution in [1.82, 2.24) is 10.3 Å². The Morgan fingerprint density at radius 2 is 1.71 bits per heavy atom. The first-order valence-electron chi connectivity index (χ1n) is 10.5. The van der Waals surface area contributed by atoms with Crippen molar-refractivity contribution in [3.8, 4) is 11.1 Å². The van der Waals surface area contributed by atoms with Gasteiger partial charge in [-0.05, 0) is 46.4 Å². The second kappa shape index (κ2) is 9.47. The minimum Gasteiger partial charge on any atom is -0.449 e. The van der Waals surface area contributed by atoms with Gasteiger partial charge >= 0.3 is 6.09 Å². The zero-order valence-electron chi connectivity index (χ0n) is 17.9. The minimum atomic E-state index is -0.382. The topological polar surface area (TPSA) is 54.5 Å².